The van der Waals surface area contributed by atoms with Gasteiger partial charge in [0, 0.05) is 12.8 Å². The van der Waals surface area contributed by atoms with Crippen molar-refractivity contribution < 1.29 is 19.1 Å². The lowest BCUT2D eigenvalue weighted by Crippen LogP contribution is -2.59. The molecular weight excluding hydrogens is 340 g/mol. The minimum Gasteiger partial charge on any atom is -0.463 e. The highest BCUT2D eigenvalue weighted by molar-refractivity contribution is 5.79. The molecular formula is C23H34O4. The van der Waals surface area contributed by atoms with Crippen molar-refractivity contribution in [3.8, 4) is 0 Å². The first kappa shape index (κ1) is 18.1. The summed E-state index contributed by atoms with van der Waals surface area (Å²) in [6, 6.07) is 0. The van der Waals surface area contributed by atoms with Crippen LogP contribution in [0.3, 0.4) is 0 Å². The molecule has 0 aromatic rings. The average molecular weight is 375 g/mol. The van der Waals surface area contributed by atoms with E-state index in [9.17, 15) is 9.59 Å². The number of fused-ring (bicyclic) bond motifs is 3. The maximum absolute atomic E-state index is 12.3. The predicted octanol–water partition coefficient (Wildman–Crippen LogP) is 4.30. The van der Waals surface area contributed by atoms with E-state index in [1.807, 2.05) is 0 Å². The summed E-state index contributed by atoms with van der Waals surface area (Å²) < 4.78 is 12.2. The highest BCUT2D eigenvalue weighted by atomic mass is 16.6. The van der Waals surface area contributed by atoms with Crippen molar-refractivity contribution in [3.63, 3.8) is 0 Å². The summed E-state index contributed by atoms with van der Waals surface area (Å²) in [5.74, 6) is 2.21. The van der Waals surface area contributed by atoms with Gasteiger partial charge in [-0.3, -0.25) is 9.59 Å². The van der Waals surface area contributed by atoms with E-state index in [4.69, 9.17) is 9.47 Å². The van der Waals surface area contributed by atoms with E-state index in [1.54, 1.807) is 6.92 Å². The van der Waals surface area contributed by atoms with Crippen LogP contribution in [0.15, 0.2) is 0 Å². The Morgan fingerprint density at radius 1 is 0.926 bits per heavy atom. The van der Waals surface area contributed by atoms with E-state index in [0.29, 0.717) is 35.1 Å². The van der Waals surface area contributed by atoms with Crippen molar-refractivity contribution in [3.05, 3.63) is 0 Å². The third-order valence-electron chi connectivity index (χ3n) is 9.79. The molecule has 4 nitrogen and oxygen atoms in total. The fourth-order valence-corrected chi connectivity index (χ4v) is 8.62. The zero-order chi connectivity index (χ0) is 19.2. The molecule has 4 heteroatoms. The van der Waals surface area contributed by atoms with Gasteiger partial charge in [0.15, 0.2) is 0 Å². The van der Waals surface area contributed by atoms with E-state index in [2.05, 4.69) is 13.8 Å². The van der Waals surface area contributed by atoms with Crippen LogP contribution in [-0.4, -0.2) is 29.6 Å². The van der Waals surface area contributed by atoms with Crippen molar-refractivity contribution in [2.75, 3.05) is 0 Å². The van der Waals surface area contributed by atoms with Crippen LogP contribution in [0.25, 0.3) is 0 Å². The molecule has 4 saturated carbocycles. The van der Waals surface area contributed by atoms with Gasteiger partial charge in [-0.25, -0.2) is 0 Å². The lowest BCUT2D eigenvalue weighted by molar-refractivity contribution is -0.157. The molecule has 1 spiro atoms. The summed E-state index contributed by atoms with van der Waals surface area (Å²) in [5.41, 5.74) is 0.464. The molecule has 27 heavy (non-hydrogen) atoms. The van der Waals surface area contributed by atoms with E-state index in [-0.39, 0.29) is 29.0 Å². The average Bonchev–Trinajstić information content (AvgIpc) is 3.14. The highest BCUT2D eigenvalue weighted by Crippen LogP contribution is 2.75. The molecule has 0 unspecified atom stereocenters. The molecule has 150 valence electrons. The first-order chi connectivity index (χ1) is 12.7. The van der Waals surface area contributed by atoms with Crippen LogP contribution in [0.1, 0.15) is 79.1 Å². The van der Waals surface area contributed by atoms with E-state index >= 15 is 0 Å². The molecule has 0 aromatic heterocycles. The third-order valence-corrected chi connectivity index (χ3v) is 9.79. The van der Waals surface area contributed by atoms with Crippen LogP contribution in [0.5, 0.6) is 0 Å². The maximum atomic E-state index is 12.3. The van der Waals surface area contributed by atoms with Crippen molar-refractivity contribution in [1.29, 1.82) is 0 Å². The second kappa shape index (κ2) is 5.58. The summed E-state index contributed by atoms with van der Waals surface area (Å²) >= 11 is 0. The molecule has 1 saturated heterocycles. The second-order valence-electron chi connectivity index (χ2n) is 10.8. The van der Waals surface area contributed by atoms with Crippen LogP contribution in [0.4, 0.5) is 0 Å². The van der Waals surface area contributed by atoms with E-state index in [0.717, 1.165) is 38.5 Å². The normalized spacial score (nSPS) is 55.6. The van der Waals surface area contributed by atoms with Gasteiger partial charge in [0.2, 0.25) is 0 Å². The second-order valence-corrected chi connectivity index (χ2v) is 10.8. The van der Waals surface area contributed by atoms with Crippen LogP contribution in [0.2, 0.25) is 0 Å². The first-order valence-electron chi connectivity index (χ1n) is 11.1. The van der Waals surface area contributed by atoms with Crippen LogP contribution in [-0.2, 0) is 19.1 Å². The zero-order valence-corrected chi connectivity index (χ0v) is 17.3. The van der Waals surface area contributed by atoms with Gasteiger partial charge in [0.1, 0.15) is 17.5 Å². The van der Waals surface area contributed by atoms with Gasteiger partial charge in [-0.1, -0.05) is 13.8 Å². The molecule has 0 aromatic carbocycles. The van der Waals surface area contributed by atoms with Crippen molar-refractivity contribution in [2.24, 2.45) is 34.5 Å². The number of rotatable bonds is 2. The summed E-state index contributed by atoms with van der Waals surface area (Å²) in [6.45, 7) is 8.19. The fourth-order valence-electron chi connectivity index (χ4n) is 8.62. The number of carbonyl (C=O) groups excluding carboxylic acids is 2. The number of hydrogen-bond acceptors (Lipinski definition) is 4. The molecule has 0 radical (unpaired) electrons. The Morgan fingerprint density at radius 2 is 1.63 bits per heavy atom. The maximum Gasteiger partial charge on any atom is 0.302 e. The van der Waals surface area contributed by atoms with Crippen LogP contribution >= 0.6 is 0 Å². The molecule has 0 N–H and O–H groups in total. The quantitative estimate of drug-likeness (QED) is 0.534. The van der Waals surface area contributed by atoms with Crippen LogP contribution in [0, 0.1) is 34.5 Å². The Labute approximate surface area is 162 Å². The lowest BCUT2D eigenvalue weighted by Gasteiger charge is -2.59. The Hall–Kier alpha value is -0.900. The largest absolute Gasteiger partial charge is 0.463 e. The summed E-state index contributed by atoms with van der Waals surface area (Å²) in [6.07, 6.45) is 9.27. The standard InChI is InChI=1S/C23H34O4/c1-13(24)17-5-6-18-22(17,4)10-8-19-21(3)9-7-16(26-14(2)25)11-15(21)12-20-23(18,19)27-20/h15-20H,5-12H2,1-4H3/t15-,16+,17-,18-,19-,20-,21+,22-,23+/m1/s1. The molecule has 5 aliphatic rings. The van der Waals surface area contributed by atoms with Gasteiger partial charge >= 0.3 is 5.97 Å². The van der Waals surface area contributed by atoms with Gasteiger partial charge < -0.3 is 9.47 Å². The molecule has 0 bridgehead atoms. The summed E-state index contributed by atoms with van der Waals surface area (Å²) in [7, 11) is 0. The minimum atomic E-state index is -0.147. The molecule has 5 rings (SSSR count). The van der Waals surface area contributed by atoms with Gasteiger partial charge in [-0.2, -0.15) is 0 Å². The molecule has 1 heterocycles. The van der Waals surface area contributed by atoms with Gasteiger partial charge in [-0.15, -0.1) is 0 Å². The number of esters is 1. The Kier molecular flexibility index (Phi) is 3.75. The van der Waals surface area contributed by atoms with Crippen LogP contribution < -0.4 is 0 Å². The van der Waals surface area contributed by atoms with Crippen molar-refractivity contribution in [2.45, 2.75) is 96.9 Å². The topological polar surface area (TPSA) is 55.9 Å². The molecule has 1 aliphatic heterocycles. The fraction of sp³-hybridized carbons (Fsp3) is 0.913. The van der Waals surface area contributed by atoms with E-state index in [1.165, 1.54) is 19.8 Å². The Bertz CT molecular complexity index is 688. The van der Waals surface area contributed by atoms with Gasteiger partial charge in [0.25, 0.3) is 0 Å². The number of ether oxygens (including phenoxy) is 2. The SMILES string of the molecule is CC(=O)O[C@H]1CC[C@@]2(C)[C@H](C1)C[C@H]1O[C@@]13[C@@H]2CC[C@]1(C)[C@@H](C(C)=O)CC[C@H]13. The van der Waals surface area contributed by atoms with Gasteiger partial charge in [-0.05, 0) is 86.9 Å². The van der Waals surface area contributed by atoms with E-state index < -0.39 is 0 Å². The smallest absolute Gasteiger partial charge is 0.302 e. The number of hydrogen-bond donors (Lipinski definition) is 0. The number of carbonyl (C=O) groups is 2. The predicted molar refractivity (Wildman–Crippen MR) is 101 cm³/mol. The monoisotopic (exact) mass is 374 g/mol. The minimum absolute atomic E-state index is 0.0384. The molecule has 0 amide bonds. The Balaban J connectivity index is 1.43. The van der Waals surface area contributed by atoms with Crippen molar-refractivity contribution >= 4 is 11.8 Å². The molecule has 5 fully saturated rings. The number of epoxide rings is 1. The van der Waals surface area contributed by atoms with Gasteiger partial charge in [0.05, 0.1) is 6.10 Å². The zero-order valence-electron chi connectivity index (χ0n) is 17.3. The molecule has 9 atom stereocenters. The molecule has 4 aliphatic carbocycles. The lowest BCUT2D eigenvalue weighted by atomic mass is 9.44. The number of Topliss-reactive ketones (excluding diaryl/α,β-unsaturated/α-hetero) is 1. The number of ketones is 1. The van der Waals surface area contributed by atoms with Crippen molar-refractivity contribution in [1.82, 2.24) is 0 Å². The summed E-state index contributed by atoms with van der Waals surface area (Å²) in [4.78, 5) is 23.7. The highest BCUT2D eigenvalue weighted by Gasteiger charge is 2.78. The first-order valence-corrected chi connectivity index (χ1v) is 11.1. The Morgan fingerprint density at radius 3 is 2.33 bits per heavy atom. The third kappa shape index (κ3) is 2.25. The summed E-state index contributed by atoms with van der Waals surface area (Å²) in [5, 5.41) is 0.